The van der Waals surface area contributed by atoms with Gasteiger partial charge in [-0.1, -0.05) is 6.08 Å². The number of hydrogen-bond donors (Lipinski definition) is 1. The summed E-state index contributed by atoms with van der Waals surface area (Å²) in [5.74, 6) is 0.792. The largest absolute Gasteiger partial charge is 0.282 e. The van der Waals surface area contributed by atoms with E-state index in [1.54, 1.807) is 0 Å². The Morgan fingerprint density at radius 3 is 2.93 bits per heavy atom. The first kappa shape index (κ1) is 8.27. The molecule has 2 aliphatic carbocycles. The van der Waals surface area contributed by atoms with Crippen LogP contribution in [-0.4, -0.2) is 10.2 Å². The molecule has 0 atom stereocenters. The maximum atomic E-state index is 4.41. The molecule has 1 heterocycles. The molecule has 2 nitrogen and oxygen atoms in total. The third-order valence-electron chi connectivity index (χ3n) is 3.23. The first-order valence-corrected chi connectivity index (χ1v) is 5.68. The highest BCUT2D eigenvalue weighted by Crippen LogP contribution is 2.40. The van der Waals surface area contributed by atoms with Crippen LogP contribution in [0.5, 0.6) is 0 Å². The van der Waals surface area contributed by atoms with Crippen molar-refractivity contribution in [3.63, 3.8) is 0 Å². The Hall–Kier alpha value is -1.05. The molecule has 0 amide bonds. The lowest BCUT2D eigenvalue weighted by Crippen LogP contribution is -1.91. The number of nitrogens with zero attached hydrogens (tertiary/aromatic N) is 1. The molecule has 0 spiro atoms. The van der Waals surface area contributed by atoms with Crippen molar-refractivity contribution < 1.29 is 0 Å². The lowest BCUT2D eigenvalue weighted by molar-refractivity contribution is 0.739. The van der Waals surface area contributed by atoms with Gasteiger partial charge in [-0.25, -0.2) is 0 Å². The van der Waals surface area contributed by atoms with Gasteiger partial charge in [0, 0.05) is 11.6 Å². The van der Waals surface area contributed by atoms with Gasteiger partial charge < -0.3 is 0 Å². The van der Waals surface area contributed by atoms with Crippen molar-refractivity contribution in [2.24, 2.45) is 0 Å². The molecule has 2 aliphatic rings. The zero-order valence-corrected chi connectivity index (χ0v) is 8.42. The maximum absolute atomic E-state index is 4.41. The second-order valence-electron chi connectivity index (χ2n) is 4.46. The molecule has 1 N–H and O–H groups in total. The van der Waals surface area contributed by atoms with Gasteiger partial charge in [-0.3, -0.25) is 5.10 Å². The molecule has 1 aromatic rings. The summed E-state index contributed by atoms with van der Waals surface area (Å²) >= 11 is 0. The average Bonchev–Trinajstić information content (AvgIpc) is 2.98. The lowest BCUT2D eigenvalue weighted by Gasteiger charge is -2.09. The van der Waals surface area contributed by atoms with Crippen LogP contribution in [0.25, 0.3) is 5.57 Å². The van der Waals surface area contributed by atoms with Crippen LogP contribution >= 0.6 is 0 Å². The summed E-state index contributed by atoms with van der Waals surface area (Å²) < 4.78 is 0. The monoisotopic (exact) mass is 188 g/mol. The molecule has 0 saturated heterocycles. The Bertz CT molecular complexity index is 358. The smallest absolute Gasteiger partial charge is 0.0880 e. The standard InChI is InChI=1S/C12H16N2/c1-2-4-9(5-3-1)11-8-12(14-13-11)10-6-7-10/h4,8,10H,1-3,5-7H2,(H,13,14). The zero-order valence-electron chi connectivity index (χ0n) is 8.42. The summed E-state index contributed by atoms with van der Waals surface area (Å²) in [5.41, 5.74) is 4.01. The van der Waals surface area contributed by atoms with E-state index in [1.165, 1.54) is 55.5 Å². The fraction of sp³-hybridized carbons (Fsp3) is 0.583. The van der Waals surface area contributed by atoms with Crippen molar-refractivity contribution >= 4 is 5.57 Å². The Morgan fingerprint density at radius 1 is 1.29 bits per heavy atom. The first-order chi connectivity index (χ1) is 6.93. The Labute approximate surface area is 84.4 Å². The third kappa shape index (κ3) is 1.49. The van der Waals surface area contributed by atoms with E-state index in [4.69, 9.17) is 0 Å². The van der Waals surface area contributed by atoms with E-state index >= 15 is 0 Å². The van der Waals surface area contributed by atoms with Crippen LogP contribution < -0.4 is 0 Å². The van der Waals surface area contributed by atoms with Gasteiger partial charge in [0.15, 0.2) is 0 Å². The SMILES string of the molecule is C1=C(c2cc(C3CC3)[nH]n2)CCCC1. The molecule has 1 fully saturated rings. The number of nitrogens with one attached hydrogen (secondary N) is 1. The Kier molecular flexibility index (Phi) is 1.93. The molecular weight excluding hydrogens is 172 g/mol. The molecule has 0 bridgehead atoms. The average molecular weight is 188 g/mol. The van der Waals surface area contributed by atoms with Crippen molar-refractivity contribution in [1.29, 1.82) is 0 Å². The topological polar surface area (TPSA) is 28.7 Å². The fourth-order valence-electron chi connectivity index (χ4n) is 2.18. The van der Waals surface area contributed by atoms with Gasteiger partial charge in [0.25, 0.3) is 0 Å². The first-order valence-electron chi connectivity index (χ1n) is 5.68. The molecular formula is C12H16N2. The van der Waals surface area contributed by atoms with E-state index in [2.05, 4.69) is 22.3 Å². The van der Waals surface area contributed by atoms with Gasteiger partial charge in [0.2, 0.25) is 0 Å². The minimum absolute atomic E-state index is 0.792. The van der Waals surface area contributed by atoms with E-state index < -0.39 is 0 Å². The van der Waals surface area contributed by atoms with E-state index in [9.17, 15) is 0 Å². The molecule has 1 aromatic heterocycles. The summed E-state index contributed by atoms with van der Waals surface area (Å²) in [6, 6.07) is 2.26. The van der Waals surface area contributed by atoms with Crippen molar-refractivity contribution in [2.75, 3.05) is 0 Å². The summed E-state index contributed by atoms with van der Waals surface area (Å²) in [6.07, 6.45) is 10.2. The highest BCUT2D eigenvalue weighted by atomic mass is 15.1. The van der Waals surface area contributed by atoms with Crippen molar-refractivity contribution in [1.82, 2.24) is 10.2 Å². The molecule has 3 rings (SSSR count). The highest BCUT2D eigenvalue weighted by Gasteiger charge is 2.25. The fourth-order valence-corrected chi connectivity index (χ4v) is 2.18. The molecule has 2 heteroatoms. The Morgan fingerprint density at radius 2 is 2.21 bits per heavy atom. The maximum Gasteiger partial charge on any atom is 0.0880 e. The minimum atomic E-state index is 0.792. The summed E-state index contributed by atoms with van der Waals surface area (Å²) in [6.45, 7) is 0. The third-order valence-corrected chi connectivity index (χ3v) is 3.23. The van der Waals surface area contributed by atoms with Crippen molar-refractivity contribution in [3.8, 4) is 0 Å². The summed E-state index contributed by atoms with van der Waals surface area (Å²) in [4.78, 5) is 0. The van der Waals surface area contributed by atoms with E-state index in [1.807, 2.05) is 0 Å². The quantitative estimate of drug-likeness (QED) is 0.758. The number of hydrogen-bond acceptors (Lipinski definition) is 1. The summed E-state index contributed by atoms with van der Waals surface area (Å²) in [7, 11) is 0. The number of aromatic amines is 1. The number of H-pyrrole nitrogens is 1. The zero-order chi connectivity index (χ0) is 9.38. The van der Waals surface area contributed by atoms with Crippen LogP contribution in [0.2, 0.25) is 0 Å². The molecule has 74 valence electrons. The second kappa shape index (κ2) is 3.26. The van der Waals surface area contributed by atoms with Crippen molar-refractivity contribution in [2.45, 2.75) is 44.4 Å². The molecule has 0 aromatic carbocycles. The summed E-state index contributed by atoms with van der Waals surface area (Å²) in [5, 5.41) is 7.58. The van der Waals surface area contributed by atoms with E-state index in [-0.39, 0.29) is 0 Å². The number of allylic oxidation sites excluding steroid dienone is 2. The van der Waals surface area contributed by atoms with Crippen LogP contribution in [0, 0.1) is 0 Å². The van der Waals surface area contributed by atoms with E-state index in [0.29, 0.717) is 0 Å². The van der Waals surface area contributed by atoms with Crippen LogP contribution in [0.15, 0.2) is 12.1 Å². The highest BCUT2D eigenvalue weighted by molar-refractivity contribution is 5.63. The van der Waals surface area contributed by atoms with Gasteiger partial charge in [0.05, 0.1) is 5.69 Å². The molecule has 14 heavy (non-hydrogen) atoms. The van der Waals surface area contributed by atoms with Crippen molar-refractivity contribution in [3.05, 3.63) is 23.5 Å². The van der Waals surface area contributed by atoms with Gasteiger partial charge in [-0.15, -0.1) is 0 Å². The van der Waals surface area contributed by atoms with E-state index in [0.717, 1.165) is 5.92 Å². The number of rotatable bonds is 2. The van der Waals surface area contributed by atoms with Crippen LogP contribution in [0.4, 0.5) is 0 Å². The van der Waals surface area contributed by atoms with Crippen LogP contribution in [-0.2, 0) is 0 Å². The predicted molar refractivity (Wildman–Crippen MR) is 57.0 cm³/mol. The normalized spacial score (nSPS) is 22.1. The van der Waals surface area contributed by atoms with Gasteiger partial charge >= 0.3 is 0 Å². The van der Waals surface area contributed by atoms with Crippen LogP contribution in [0.1, 0.15) is 55.8 Å². The lowest BCUT2D eigenvalue weighted by atomic mass is 9.97. The second-order valence-corrected chi connectivity index (χ2v) is 4.46. The van der Waals surface area contributed by atoms with Crippen LogP contribution in [0.3, 0.4) is 0 Å². The van der Waals surface area contributed by atoms with Gasteiger partial charge in [-0.05, 0) is 50.2 Å². The molecule has 0 aliphatic heterocycles. The molecule has 1 saturated carbocycles. The molecule has 0 radical (unpaired) electrons. The van der Waals surface area contributed by atoms with Gasteiger partial charge in [-0.2, -0.15) is 5.10 Å². The minimum Gasteiger partial charge on any atom is -0.282 e. The molecule has 0 unspecified atom stereocenters. The number of aromatic nitrogens is 2. The predicted octanol–water partition coefficient (Wildman–Crippen LogP) is 3.24. The van der Waals surface area contributed by atoms with Gasteiger partial charge in [0.1, 0.15) is 0 Å². The Balaban J connectivity index is 1.84.